The maximum absolute atomic E-state index is 4.93. The molecule has 90 valence electrons. The first-order valence-corrected chi connectivity index (χ1v) is 6.13. The average Bonchev–Trinajstić information content (AvgIpc) is 2.30. The Labute approximate surface area is 105 Å². The van der Waals surface area contributed by atoms with E-state index >= 15 is 0 Å². The summed E-state index contributed by atoms with van der Waals surface area (Å²) < 4.78 is 5.99. The number of hydrogen-bond donors (Lipinski definition) is 2. The fourth-order valence-electron chi connectivity index (χ4n) is 1.23. The van der Waals surface area contributed by atoms with Gasteiger partial charge in [-0.2, -0.15) is 0 Å². The van der Waals surface area contributed by atoms with E-state index in [4.69, 9.17) is 4.74 Å². The van der Waals surface area contributed by atoms with Crippen LogP contribution in [0.15, 0.2) is 22.8 Å². The Bertz CT molecular complexity index is 296. The second-order valence-electron chi connectivity index (χ2n) is 3.35. The second-order valence-corrected chi connectivity index (χ2v) is 4.21. The van der Waals surface area contributed by atoms with Crippen molar-refractivity contribution >= 4 is 15.9 Å². The van der Waals surface area contributed by atoms with Gasteiger partial charge in [-0.05, 0) is 28.1 Å². The molecule has 0 aliphatic rings. The summed E-state index contributed by atoms with van der Waals surface area (Å²) in [6, 6.07) is 3.92. The van der Waals surface area contributed by atoms with Gasteiger partial charge < -0.3 is 15.4 Å². The third-order valence-corrected chi connectivity index (χ3v) is 2.81. The van der Waals surface area contributed by atoms with E-state index < -0.39 is 0 Å². The van der Waals surface area contributed by atoms with Crippen molar-refractivity contribution in [2.24, 2.45) is 0 Å². The number of rotatable bonds is 8. The first kappa shape index (κ1) is 13.6. The van der Waals surface area contributed by atoms with Crippen LogP contribution in [0.3, 0.4) is 0 Å². The summed E-state index contributed by atoms with van der Waals surface area (Å²) in [6.45, 7) is 4.30. The lowest BCUT2D eigenvalue weighted by molar-refractivity contribution is 0.199. The van der Waals surface area contributed by atoms with Gasteiger partial charge >= 0.3 is 0 Å². The number of pyridine rings is 1. The highest BCUT2D eigenvalue weighted by Gasteiger charge is 1.98. The third kappa shape index (κ3) is 5.55. The normalized spacial score (nSPS) is 10.6. The summed E-state index contributed by atoms with van der Waals surface area (Å²) in [4.78, 5) is 4.28. The van der Waals surface area contributed by atoms with Gasteiger partial charge in [0.1, 0.15) is 0 Å². The van der Waals surface area contributed by atoms with Crippen molar-refractivity contribution in [3.05, 3.63) is 28.5 Å². The summed E-state index contributed by atoms with van der Waals surface area (Å²) in [5.41, 5.74) is 1.04. The van der Waals surface area contributed by atoms with Gasteiger partial charge in [0, 0.05) is 44.0 Å². The fraction of sp³-hybridized carbons (Fsp3) is 0.545. The Hall–Kier alpha value is -0.490. The predicted octanol–water partition coefficient (Wildman–Crippen LogP) is 1.17. The van der Waals surface area contributed by atoms with Gasteiger partial charge in [-0.3, -0.25) is 4.98 Å². The van der Waals surface area contributed by atoms with E-state index in [1.165, 1.54) is 0 Å². The number of nitrogens with one attached hydrogen (secondary N) is 2. The van der Waals surface area contributed by atoms with Crippen LogP contribution in [0.1, 0.15) is 5.69 Å². The minimum absolute atomic E-state index is 0.756. The monoisotopic (exact) mass is 287 g/mol. The molecule has 0 aliphatic heterocycles. The fourth-order valence-corrected chi connectivity index (χ4v) is 1.63. The summed E-state index contributed by atoms with van der Waals surface area (Å²) in [7, 11) is 1.71. The van der Waals surface area contributed by atoms with Crippen LogP contribution in [-0.4, -0.2) is 38.3 Å². The molecule has 0 spiro atoms. The zero-order valence-electron chi connectivity index (χ0n) is 9.50. The van der Waals surface area contributed by atoms with Crippen LogP contribution in [0.25, 0.3) is 0 Å². The highest BCUT2D eigenvalue weighted by molar-refractivity contribution is 9.10. The van der Waals surface area contributed by atoms with Gasteiger partial charge in [-0.1, -0.05) is 0 Å². The molecule has 2 N–H and O–H groups in total. The Kier molecular flexibility index (Phi) is 7.33. The topological polar surface area (TPSA) is 46.2 Å². The molecule has 0 bridgehead atoms. The summed E-state index contributed by atoms with van der Waals surface area (Å²) in [6.07, 6.45) is 1.80. The van der Waals surface area contributed by atoms with Crippen molar-refractivity contribution in [2.45, 2.75) is 6.54 Å². The molecule has 4 nitrogen and oxygen atoms in total. The smallest absolute Gasteiger partial charge is 0.0683 e. The Morgan fingerprint density at radius 3 is 2.88 bits per heavy atom. The lowest BCUT2D eigenvalue weighted by Gasteiger charge is -2.06. The van der Waals surface area contributed by atoms with Gasteiger partial charge in [0.2, 0.25) is 0 Å². The maximum Gasteiger partial charge on any atom is 0.0683 e. The van der Waals surface area contributed by atoms with Gasteiger partial charge in [0.05, 0.1) is 12.3 Å². The largest absolute Gasteiger partial charge is 0.383 e. The van der Waals surface area contributed by atoms with Crippen molar-refractivity contribution in [2.75, 3.05) is 33.4 Å². The number of methoxy groups -OCH3 is 1. The van der Waals surface area contributed by atoms with E-state index in [2.05, 4.69) is 31.5 Å². The van der Waals surface area contributed by atoms with Crippen molar-refractivity contribution in [3.8, 4) is 0 Å². The SMILES string of the molecule is COCCNCCNCc1ncccc1Br. The first-order chi connectivity index (χ1) is 7.84. The first-order valence-electron chi connectivity index (χ1n) is 5.34. The van der Waals surface area contributed by atoms with Crippen LogP contribution in [0.5, 0.6) is 0 Å². The van der Waals surface area contributed by atoms with Gasteiger partial charge in [0.15, 0.2) is 0 Å². The molecule has 0 fully saturated rings. The Balaban J connectivity index is 2.05. The van der Waals surface area contributed by atoms with Crippen LogP contribution in [0.2, 0.25) is 0 Å². The van der Waals surface area contributed by atoms with Gasteiger partial charge in [-0.25, -0.2) is 0 Å². The van der Waals surface area contributed by atoms with E-state index in [-0.39, 0.29) is 0 Å². The van der Waals surface area contributed by atoms with Crippen LogP contribution in [0, 0.1) is 0 Å². The van der Waals surface area contributed by atoms with E-state index in [0.29, 0.717) is 0 Å². The molecule has 1 heterocycles. The van der Waals surface area contributed by atoms with Crippen LogP contribution in [0.4, 0.5) is 0 Å². The predicted molar refractivity (Wildman–Crippen MR) is 68.4 cm³/mol. The molecule has 0 amide bonds. The highest BCUT2D eigenvalue weighted by Crippen LogP contribution is 2.12. The molecule has 1 aromatic rings. The van der Waals surface area contributed by atoms with Gasteiger partial charge in [0.25, 0.3) is 0 Å². The number of aromatic nitrogens is 1. The summed E-state index contributed by atoms with van der Waals surface area (Å²) >= 11 is 3.46. The second kappa shape index (κ2) is 8.64. The summed E-state index contributed by atoms with van der Waals surface area (Å²) in [5, 5.41) is 6.59. The van der Waals surface area contributed by atoms with E-state index in [9.17, 15) is 0 Å². The molecule has 0 atom stereocenters. The van der Waals surface area contributed by atoms with E-state index in [0.717, 1.165) is 43.0 Å². The number of ether oxygens (including phenoxy) is 1. The molecular formula is C11H18BrN3O. The molecule has 0 radical (unpaired) electrons. The van der Waals surface area contributed by atoms with Crippen molar-refractivity contribution in [1.29, 1.82) is 0 Å². The molecule has 0 saturated heterocycles. The molecule has 16 heavy (non-hydrogen) atoms. The van der Waals surface area contributed by atoms with E-state index in [1.54, 1.807) is 13.3 Å². The standard InChI is InChI=1S/C11H18BrN3O/c1-16-8-7-13-5-6-14-9-11-10(12)3-2-4-15-11/h2-4,13-14H,5-9H2,1H3. The van der Waals surface area contributed by atoms with Crippen LogP contribution in [-0.2, 0) is 11.3 Å². The van der Waals surface area contributed by atoms with Gasteiger partial charge in [-0.15, -0.1) is 0 Å². The quantitative estimate of drug-likeness (QED) is 0.705. The summed E-state index contributed by atoms with van der Waals surface area (Å²) in [5.74, 6) is 0. The molecule has 1 rings (SSSR count). The van der Waals surface area contributed by atoms with Crippen LogP contribution >= 0.6 is 15.9 Å². The van der Waals surface area contributed by atoms with Crippen molar-refractivity contribution < 1.29 is 4.74 Å². The average molecular weight is 288 g/mol. The van der Waals surface area contributed by atoms with Crippen molar-refractivity contribution in [3.63, 3.8) is 0 Å². The molecule has 0 aliphatic carbocycles. The third-order valence-electron chi connectivity index (χ3n) is 2.09. The lowest BCUT2D eigenvalue weighted by Crippen LogP contribution is -2.29. The number of nitrogens with zero attached hydrogens (tertiary/aromatic N) is 1. The highest BCUT2D eigenvalue weighted by atomic mass is 79.9. The zero-order valence-corrected chi connectivity index (χ0v) is 11.1. The Morgan fingerprint density at radius 1 is 1.31 bits per heavy atom. The zero-order chi connectivity index (χ0) is 11.6. The molecule has 0 unspecified atom stereocenters. The molecule has 1 aromatic heterocycles. The lowest BCUT2D eigenvalue weighted by atomic mass is 10.3. The van der Waals surface area contributed by atoms with Crippen molar-refractivity contribution in [1.82, 2.24) is 15.6 Å². The number of hydrogen-bond acceptors (Lipinski definition) is 4. The Morgan fingerprint density at radius 2 is 2.12 bits per heavy atom. The van der Waals surface area contributed by atoms with E-state index in [1.807, 2.05) is 12.1 Å². The number of halogens is 1. The minimum atomic E-state index is 0.756. The molecular weight excluding hydrogens is 270 g/mol. The van der Waals surface area contributed by atoms with Crippen LogP contribution < -0.4 is 10.6 Å². The maximum atomic E-state index is 4.93. The molecule has 5 heteroatoms. The molecule has 0 aromatic carbocycles. The minimum Gasteiger partial charge on any atom is -0.383 e. The molecule has 0 saturated carbocycles.